The number of alkyl halides is 3. The Morgan fingerprint density at radius 1 is 1.21 bits per heavy atom. The molecular weight excluding hydrogens is 255 g/mol. The summed E-state index contributed by atoms with van der Waals surface area (Å²) in [7, 11) is 0. The van der Waals surface area contributed by atoms with Crippen LogP contribution in [0.4, 0.5) is 13.2 Å². The first-order valence-electron chi connectivity index (χ1n) is 6.46. The van der Waals surface area contributed by atoms with Crippen molar-refractivity contribution in [2.45, 2.75) is 45.5 Å². The lowest BCUT2D eigenvalue weighted by atomic mass is 10.1. The molecule has 19 heavy (non-hydrogen) atoms. The Kier molecular flexibility index (Phi) is 6.15. The van der Waals surface area contributed by atoms with Crippen molar-refractivity contribution in [2.75, 3.05) is 6.61 Å². The van der Waals surface area contributed by atoms with Gasteiger partial charge in [-0.25, -0.2) is 0 Å². The molecule has 1 rings (SSSR count). The summed E-state index contributed by atoms with van der Waals surface area (Å²) in [5, 5.41) is 3.36. The highest BCUT2D eigenvalue weighted by molar-refractivity contribution is 5.28. The highest BCUT2D eigenvalue weighted by Gasteiger charge is 2.28. The molecule has 2 nitrogen and oxygen atoms in total. The molecule has 0 saturated heterocycles. The van der Waals surface area contributed by atoms with Gasteiger partial charge in [0.25, 0.3) is 0 Å². The van der Waals surface area contributed by atoms with Gasteiger partial charge in [0, 0.05) is 12.6 Å². The largest absolute Gasteiger partial charge is 0.484 e. The lowest BCUT2D eigenvalue weighted by Gasteiger charge is -2.15. The van der Waals surface area contributed by atoms with Crippen LogP contribution < -0.4 is 10.1 Å². The Hall–Kier alpha value is -1.23. The van der Waals surface area contributed by atoms with Crippen molar-refractivity contribution in [3.05, 3.63) is 29.8 Å². The fraction of sp³-hybridized carbons (Fsp3) is 0.571. The lowest BCUT2D eigenvalue weighted by molar-refractivity contribution is -0.153. The summed E-state index contributed by atoms with van der Waals surface area (Å²) < 4.78 is 40.9. The topological polar surface area (TPSA) is 21.3 Å². The van der Waals surface area contributed by atoms with E-state index in [-0.39, 0.29) is 5.75 Å². The van der Waals surface area contributed by atoms with E-state index in [1.807, 2.05) is 6.07 Å². The average Bonchev–Trinajstić information content (AvgIpc) is 2.37. The molecule has 108 valence electrons. The van der Waals surface area contributed by atoms with Crippen LogP contribution in [0.3, 0.4) is 0 Å². The summed E-state index contributed by atoms with van der Waals surface area (Å²) in [6, 6.07) is 7.18. The van der Waals surface area contributed by atoms with Gasteiger partial charge in [-0.1, -0.05) is 26.0 Å². The summed E-state index contributed by atoms with van der Waals surface area (Å²) in [5.74, 6) is 0.251. The first-order chi connectivity index (χ1) is 8.94. The standard InChI is InChI=1S/C14H20F3NO/c1-3-12(4-2)18-9-11-6-5-7-13(8-11)19-10-14(15,16)17/h5-8,12,18H,3-4,9-10H2,1-2H3. The zero-order chi connectivity index (χ0) is 14.3. The fourth-order valence-corrected chi connectivity index (χ4v) is 1.75. The first kappa shape index (κ1) is 15.8. The van der Waals surface area contributed by atoms with Gasteiger partial charge in [0.15, 0.2) is 6.61 Å². The van der Waals surface area contributed by atoms with E-state index < -0.39 is 12.8 Å². The van der Waals surface area contributed by atoms with Crippen LogP contribution in [0.5, 0.6) is 5.75 Å². The monoisotopic (exact) mass is 275 g/mol. The molecule has 0 amide bonds. The molecule has 1 aromatic rings. The van der Waals surface area contributed by atoms with Gasteiger partial charge < -0.3 is 10.1 Å². The molecule has 1 aromatic carbocycles. The van der Waals surface area contributed by atoms with E-state index in [2.05, 4.69) is 19.2 Å². The SMILES string of the molecule is CCC(CC)NCc1cccc(OCC(F)(F)F)c1. The highest BCUT2D eigenvalue weighted by Crippen LogP contribution is 2.19. The van der Waals surface area contributed by atoms with Gasteiger partial charge in [0.2, 0.25) is 0 Å². The summed E-state index contributed by atoms with van der Waals surface area (Å²) in [5.41, 5.74) is 0.923. The van der Waals surface area contributed by atoms with E-state index in [9.17, 15) is 13.2 Å². The molecule has 0 fully saturated rings. The predicted octanol–water partition coefficient (Wildman–Crippen LogP) is 3.91. The molecular formula is C14H20F3NO. The van der Waals surface area contributed by atoms with Crippen LogP contribution >= 0.6 is 0 Å². The first-order valence-corrected chi connectivity index (χ1v) is 6.46. The molecule has 0 aromatic heterocycles. The van der Waals surface area contributed by atoms with E-state index in [1.165, 1.54) is 6.07 Å². The maximum Gasteiger partial charge on any atom is 0.422 e. The minimum absolute atomic E-state index is 0.251. The number of hydrogen-bond donors (Lipinski definition) is 1. The third-order valence-electron chi connectivity index (χ3n) is 2.88. The van der Waals surface area contributed by atoms with Gasteiger partial charge in [0.05, 0.1) is 0 Å². The predicted molar refractivity (Wildman–Crippen MR) is 69.2 cm³/mol. The van der Waals surface area contributed by atoms with E-state index >= 15 is 0 Å². The minimum atomic E-state index is -4.30. The van der Waals surface area contributed by atoms with Gasteiger partial charge in [-0.15, -0.1) is 0 Å². The zero-order valence-corrected chi connectivity index (χ0v) is 11.3. The smallest absolute Gasteiger partial charge is 0.422 e. The van der Waals surface area contributed by atoms with E-state index in [4.69, 9.17) is 4.74 Å². The van der Waals surface area contributed by atoms with Crippen molar-refractivity contribution < 1.29 is 17.9 Å². The number of ether oxygens (including phenoxy) is 1. The third-order valence-corrected chi connectivity index (χ3v) is 2.88. The van der Waals surface area contributed by atoms with Crippen LogP contribution in [0.25, 0.3) is 0 Å². The van der Waals surface area contributed by atoms with E-state index in [0.717, 1.165) is 18.4 Å². The van der Waals surface area contributed by atoms with Crippen molar-refractivity contribution in [1.82, 2.24) is 5.32 Å². The van der Waals surface area contributed by atoms with Crippen LogP contribution in [0.2, 0.25) is 0 Å². The molecule has 0 saturated carbocycles. The summed E-state index contributed by atoms with van der Waals surface area (Å²) in [6.07, 6.45) is -2.24. The summed E-state index contributed by atoms with van der Waals surface area (Å²) in [4.78, 5) is 0. The lowest BCUT2D eigenvalue weighted by Crippen LogP contribution is -2.27. The van der Waals surface area contributed by atoms with Crippen LogP contribution in [-0.2, 0) is 6.54 Å². The Morgan fingerprint density at radius 3 is 2.47 bits per heavy atom. The molecule has 0 spiro atoms. The third kappa shape index (κ3) is 6.47. The maximum atomic E-state index is 12.0. The quantitative estimate of drug-likeness (QED) is 0.814. The van der Waals surface area contributed by atoms with Gasteiger partial charge >= 0.3 is 6.18 Å². The normalized spacial score (nSPS) is 11.9. The van der Waals surface area contributed by atoms with E-state index in [1.54, 1.807) is 12.1 Å². The van der Waals surface area contributed by atoms with Crippen molar-refractivity contribution in [3.8, 4) is 5.75 Å². The molecule has 0 unspecified atom stereocenters. The van der Waals surface area contributed by atoms with Gasteiger partial charge in [-0.05, 0) is 30.5 Å². The van der Waals surface area contributed by atoms with Crippen LogP contribution in [0.1, 0.15) is 32.3 Å². The van der Waals surface area contributed by atoms with Crippen molar-refractivity contribution >= 4 is 0 Å². The van der Waals surface area contributed by atoms with Gasteiger partial charge in [-0.2, -0.15) is 13.2 Å². The molecule has 0 heterocycles. The zero-order valence-electron chi connectivity index (χ0n) is 11.3. The maximum absolute atomic E-state index is 12.0. The van der Waals surface area contributed by atoms with Crippen molar-refractivity contribution in [1.29, 1.82) is 0 Å². The van der Waals surface area contributed by atoms with Gasteiger partial charge in [0.1, 0.15) is 5.75 Å². The Bertz CT molecular complexity index is 375. The number of halogens is 3. The molecule has 0 aliphatic rings. The van der Waals surface area contributed by atoms with Crippen LogP contribution in [0.15, 0.2) is 24.3 Å². The fourth-order valence-electron chi connectivity index (χ4n) is 1.75. The van der Waals surface area contributed by atoms with E-state index in [0.29, 0.717) is 12.6 Å². The molecule has 1 N–H and O–H groups in total. The van der Waals surface area contributed by atoms with Crippen LogP contribution in [-0.4, -0.2) is 18.8 Å². The van der Waals surface area contributed by atoms with Crippen molar-refractivity contribution in [2.24, 2.45) is 0 Å². The molecule has 0 radical (unpaired) electrons. The molecule has 0 aliphatic carbocycles. The average molecular weight is 275 g/mol. The second-order valence-corrected chi connectivity index (χ2v) is 4.45. The molecule has 0 bridgehead atoms. The molecule has 0 atom stereocenters. The second kappa shape index (κ2) is 7.38. The number of nitrogens with one attached hydrogen (secondary N) is 1. The van der Waals surface area contributed by atoms with Gasteiger partial charge in [-0.3, -0.25) is 0 Å². The molecule has 5 heteroatoms. The summed E-state index contributed by atoms with van der Waals surface area (Å²) in [6.45, 7) is 3.58. The number of hydrogen-bond acceptors (Lipinski definition) is 2. The highest BCUT2D eigenvalue weighted by atomic mass is 19.4. The Balaban J connectivity index is 2.52. The second-order valence-electron chi connectivity index (χ2n) is 4.45. The Labute approximate surface area is 112 Å². The van der Waals surface area contributed by atoms with Crippen molar-refractivity contribution in [3.63, 3.8) is 0 Å². The number of benzene rings is 1. The Morgan fingerprint density at radius 2 is 1.89 bits per heavy atom. The minimum Gasteiger partial charge on any atom is -0.484 e. The van der Waals surface area contributed by atoms with Crippen LogP contribution in [0, 0.1) is 0 Å². The number of rotatable bonds is 7. The molecule has 0 aliphatic heterocycles. The summed E-state index contributed by atoms with van der Waals surface area (Å²) >= 11 is 0.